The van der Waals surface area contributed by atoms with Gasteiger partial charge in [-0.15, -0.1) is 0 Å². The number of halogens is 1. The quantitative estimate of drug-likeness (QED) is 0.222. The molecule has 0 aliphatic heterocycles. The van der Waals surface area contributed by atoms with Gasteiger partial charge in [0.15, 0.2) is 11.4 Å². The number of primary amides is 1. The fourth-order valence-electron chi connectivity index (χ4n) is 5.65. The van der Waals surface area contributed by atoms with Crippen molar-refractivity contribution in [2.45, 2.75) is 44.2 Å². The molecule has 0 saturated heterocycles. The molecule has 5 N–H and O–H groups in total. The number of benzene rings is 1. The number of nitrogens with two attached hydrogens (primary N) is 1. The monoisotopic (exact) mass is 596 g/mol. The van der Waals surface area contributed by atoms with Gasteiger partial charge in [0.2, 0.25) is 5.78 Å². The zero-order chi connectivity index (χ0) is 25.8. The van der Waals surface area contributed by atoms with Crippen LogP contribution in [0.25, 0.3) is 0 Å². The number of fused-ring (bicyclic) bond motifs is 3. The van der Waals surface area contributed by atoms with E-state index in [0.717, 1.165) is 22.0 Å². The van der Waals surface area contributed by atoms with Crippen molar-refractivity contribution in [3.8, 4) is 5.75 Å². The Morgan fingerprint density at radius 2 is 1.97 bits per heavy atom. The molecule has 0 fully saturated rings. The van der Waals surface area contributed by atoms with Gasteiger partial charge in [0.25, 0.3) is 5.91 Å². The molecule has 0 heterocycles. The topological polar surface area (TPSA) is 150 Å². The molecule has 1 aromatic rings. The number of unbranched alkanes of at least 4 members (excludes halogenated alkanes) is 1. The van der Waals surface area contributed by atoms with Gasteiger partial charge in [0.05, 0.1) is 18.2 Å². The van der Waals surface area contributed by atoms with Crippen LogP contribution in [0, 0.1) is 15.4 Å². The first kappa shape index (κ1) is 25.6. The molecule has 0 spiro atoms. The van der Waals surface area contributed by atoms with Crippen LogP contribution in [0.4, 0.5) is 0 Å². The van der Waals surface area contributed by atoms with Gasteiger partial charge in [-0.25, -0.2) is 0 Å². The number of ether oxygens (including phenoxy) is 1. The summed E-state index contributed by atoms with van der Waals surface area (Å²) in [6.07, 6.45) is 2.24. The first-order valence-corrected chi connectivity index (χ1v) is 12.6. The molecule has 9 nitrogen and oxygen atoms in total. The summed E-state index contributed by atoms with van der Waals surface area (Å²) in [5.74, 6) is -5.36. The van der Waals surface area contributed by atoms with Crippen molar-refractivity contribution in [1.29, 1.82) is 0 Å². The molecule has 4 atom stereocenters. The lowest BCUT2D eigenvalue weighted by atomic mass is 9.58. The van der Waals surface area contributed by atoms with Crippen LogP contribution in [-0.4, -0.2) is 70.0 Å². The molecule has 1 aromatic carbocycles. The number of hydrogen-bond donors (Lipinski definition) is 4. The van der Waals surface area contributed by atoms with Gasteiger partial charge in [0, 0.05) is 15.1 Å². The van der Waals surface area contributed by atoms with E-state index in [1.54, 1.807) is 25.1 Å². The van der Waals surface area contributed by atoms with E-state index in [0.29, 0.717) is 24.3 Å². The molecule has 3 aliphatic rings. The molecule has 0 radical (unpaired) electrons. The number of allylic oxidation sites excluding steroid dienone is 1. The number of rotatable bonds is 6. The number of nitrogens with zero attached hydrogens (tertiary/aromatic N) is 1. The summed E-state index contributed by atoms with van der Waals surface area (Å²) in [4.78, 5) is 40.7. The predicted octanol–water partition coefficient (Wildman–Crippen LogP) is 2.20. The Morgan fingerprint density at radius 1 is 1.29 bits per heavy atom. The van der Waals surface area contributed by atoms with Crippen molar-refractivity contribution >= 4 is 40.1 Å². The third kappa shape index (κ3) is 3.77. The van der Waals surface area contributed by atoms with E-state index in [4.69, 9.17) is 10.5 Å². The molecular formula is C25H29IN2O7. The molecule has 10 heteroatoms. The normalized spacial score (nSPS) is 28.1. The molecule has 1 amide bonds. The van der Waals surface area contributed by atoms with Crippen LogP contribution in [0.2, 0.25) is 0 Å². The zero-order valence-corrected chi connectivity index (χ0v) is 22.0. The lowest BCUT2D eigenvalue weighted by Gasteiger charge is -2.50. The standard InChI is InChI=1S/C25H29IN2O7/c1-4-5-8-35-15-7-6-14(26)12-9-11-10-13-19(28(2)3)21(30)18(24(27)33)23(32)25(13,34)22(31)16(11)20(29)17(12)15/h6-7,11,13,19,30-31,34H,4-5,8-10H2,1-3H3,(H2,27,33)/t11-,13-,19-,25-/m0/s1. The molecule has 4 rings (SSSR count). The Hall–Kier alpha value is -2.44. The number of ketones is 2. The first-order chi connectivity index (χ1) is 16.5. The Balaban J connectivity index is 1.90. The number of hydrogen-bond acceptors (Lipinski definition) is 8. The van der Waals surface area contributed by atoms with Gasteiger partial charge in [0.1, 0.15) is 22.8 Å². The average Bonchev–Trinajstić information content (AvgIpc) is 2.77. The molecule has 3 aliphatic carbocycles. The Kier molecular flexibility index (Phi) is 6.75. The molecule has 35 heavy (non-hydrogen) atoms. The highest BCUT2D eigenvalue weighted by molar-refractivity contribution is 14.1. The molecular weight excluding hydrogens is 567 g/mol. The second-order valence-corrected chi connectivity index (χ2v) is 10.7. The lowest BCUT2D eigenvalue weighted by Crippen LogP contribution is -2.63. The third-order valence-corrected chi connectivity index (χ3v) is 8.30. The van der Waals surface area contributed by atoms with Crippen molar-refractivity contribution in [3.63, 3.8) is 0 Å². The minimum Gasteiger partial charge on any atom is -0.510 e. The molecule has 188 valence electrons. The largest absolute Gasteiger partial charge is 0.510 e. The van der Waals surface area contributed by atoms with E-state index in [9.17, 15) is 29.7 Å². The van der Waals surface area contributed by atoms with Gasteiger partial charge in [-0.05, 0) is 79.6 Å². The zero-order valence-electron chi connectivity index (χ0n) is 19.8. The minimum atomic E-state index is -2.57. The number of carbonyl (C=O) groups is 3. The lowest BCUT2D eigenvalue weighted by molar-refractivity contribution is -0.148. The maximum Gasteiger partial charge on any atom is 0.255 e. The highest BCUT2D eigenvalue weighted by atomic mass is 127. The van der Waals surface area contributed by atoms with E-state index < -0.39 is 58.0 Å². The average molecular weight is 596 g/mol. The molecule has 0 unspecified atom stereocenters. The van der Waals surface area contributed by atoms with Crippen LogP contribution >= 0.6 is 22.6 Å². The fourth-order valence-corrected chi connectivity index (χ4v) is 6.32. The van der Waals surface area contributed by atoms with Gasteiger partial charge < -0.3 is 25.8 Å². The number of aliphatic hydroxyl groups is 3. The predicted molar refractivity (Wildman–Crippen MR) is 135 cm³/mol. The van der Waals surface area contributed by atoms with Gasteiger partial charge >= 0.3 is 0 Å². The second-order valence-electron chi connectivity index (χ2n) is 9.56. The van der Waals surface area contributed by atoms with Crippen molar-refractivity contribution in [3.05, 3.63) is 49.5 Å². The summed E-state index contributed by atoms with van der Waals surface area (Å²) in [6.45, 7) is 2.45. The van der Waals surface area contributed by atoms with Gasteiger partial charge in [-0.2, -0.15) is 0 Å². The third-order valence-electron chi connectivity index (χ3n) is 7.29. The number of Topliss-reactive ketones (excluding diaryl/α,β-unsaturated/α-hetero) is 2. The van der Waals surface area contributed by atoms with Crippen LogP contribution < -0.4 is 10.5 Å². The van der Waals surface area contributed by atoms with Crippen LogP contribution in [0.5, 0.6) is 5.75 Å². The van der Waals surface area contributed by atoms with E-state index in [1.165, 1.54) is 0 Å². The minimum absolute atomic E-state index is 0.0605. The SMILES string of the molecule is CCCCOc1ccc(I)c2c1C(=O)C1=C(O)[C@]3(O)C(=O)C(C(N)=O)=C(O)[C@@H](N(C)C)[C@@H]3C[C@@H]1C2. The fraction of sp³-hybridized carbons (Fsp3) is 0.480. The molecule has 0 aromatic heterocycles. The highest BCUT2D eigenvalue weighted by Gasteiger charge is 2.63. The summed E-state index contributed by atoms with van der Waals surface area (Å²) >= 11 is 2.16. The van der Waals surface area contributed by atoms with Crippen molar-refractivity contribution in [1.82, 2.24) is 4.90 Å². The summed E-state index contributed by atoms with van der Waals surface area (Å²) in [7, 11) is 3.24. The number of carbonyl (C=O) groups excluding carboxylic acids is 3. The smallest absolute Gasteiger partial charge is 0.255 e. The van der Waals surface area contributed by atoms with Crippen LogP contribution in [0.1, 0.15) is 42.1 Å². The van der Waals surface area contributed by atoms with E-state index in [1.807, 2.05) is 13.0 Å². The first-order valence-electron chi connectivity index (χ1n) is 11.6. The van der Waals surface area contributed by atoms with E-state index >= 15 is 0 Å². The highest BCUT2D eigenvalue weighted by Crippen LogP contribution is 2.52. The number of likely N-dealkylation sites (N-methyl/N-ethyl adjacent to an activating group) is 1. The van der Waals surface area contributed by atoms with Crippen molar-refractivity contribution in [2.24, 2.45) is 17.6 Å². The summed E-state index contributed by atoms with van der Waals surface area (Å²) < 4.78 is 6.75. The van der Waals surface area contributed by atoms with Crippen LogP contribution in [-0.2, 0) is 16.0 Å². The number of amides is 1. The second kappa shape index (κ2) is 9.21. The maximum absolute atomic E-state index is 13.8. The Morgan fingerprint density at radius 3 is 2.57 bits per heavy atom. The van der Waals surface area contributed by atoms with Gasteiger partial charge in [-0.3, -0.25) is 19.3 Å². The Labute approximate surface area is 216 Å². The van der Waals surface area contributed by atoms with Crippen molar-refractivity contribution in [2.75, 3.05) is 20.7 Å². The Bertz CT molecular complexity index is 1190. The van der Waals surface area contributed by atoms with Crippen LogP contribution in [0.15, 0.2) is 34.8 Å². The van der Waals surface area contributed by atoms with E-state index in [-0.39, 0.29) is 12.0 Å². The summed E-state index contributed by atoms with van der Waals surface area (Å²) in [5, 5.41) is 33.8. The summed E-state index contributed by atoms with van der Waals surface area (Å²) in [5.41, 5.74) is 3.06. The number of aliphatic hydroxyl groups excluding tert-OH is 2. The summed E-state index contributed by atoms with van der Waals surface area (Å²) in [6, 6.07) is 2.62. The van der Waals surface area contributed by atoms with Crippen LogP contribution in [0.3, 0.4) is 0 Å². The van der Waals surface area contributed by atoms with Crippen molar-refractivity contribution < 1.29 is 34.4 Å². The maximum atomic E-state index is 13.8. The van der Waals surface area contributed by atoms with E-state index in [2.05, 4.69) is 22.6 Å². The molecule has 0 bridgehead atoms. The molecule has 0 saturated carbocycles. The van der Waals surface area contributed by atoms with Gasteiger partial charge in [-0.1, -0.05) is 13.3 Å².